The second-order valence-electron chi connectivity index (χ2n) is 9.54. The molecule has 0 bridgehead atoms. The van der Waals surface area contributed by atoms with Crippen LogP contribution in [0.15, 0.2) is 59.9 Å². The Morgan fingerprint density at radius 2 is 1.68 bits per heavy atom. The molecule has 2 N–H and O–H groups in total. The summed E-state index contributed by atoms with van der Waals surface area (Å²) in [5.74, 6) is -0.373. The van der Waals surface area contributed by atoms with Crippen LogP contribution in [0.3, 0.4) is 0 Å². The van der Waals surface area contributed by atoms with Gasteiger partial charge in [0.2, 0.25) is 11.9 Å². The van der Waals surface area contributed by atoms with E-state index in [2.05, 4.69) is 21.7 Å². The molecule has 6 rings (SSSR count). The molecule has 0 spiro atoms. The van der Waals surface area contributed by atoms with Crippen LogP contribution in [0, 0.1) is 25.7 Å². The third kappa shape index (κ3) is 3.67. The van der Waals surface area contributed by atoms with E-state index in [4.69, 9.17) is 9.51 Å². The molecular weight excluding hydrogens is 492 g/mol. The van der Waals surface area contributed by atoms with Crippen LogP contribution >= 0.6 is 0 Å². The van der Waals surface area contributed by atoms with Crippen LogP contribution in [0.25, 0.3) is 28.0 Å². The molecular formula is C28H23F2N5O3. The molecule has 1 saturated carbocycles. The van der Waals surface area contributed by atoms with Crippen LogP contribution in [0.4, 0.5) is 8.78 Å². The minimum Gasteiger partial charge on any atom is -0.495 e. The van der Waals surface area contributed by atoms with Crippen molar-refractivity contribution in [2.75, 3.05) is 0 Å². The number of aryl methyl sites for hydroxylation is 2. The van der Waals surface area contributed by atoms with E-state index >= 15 is 0 Å². The molecule has 0 unspecified atom stereocenters. The van der Waals surface area contributed by atoms with Crippen molar-refractivity contribution in [1.29, 1.82) is 0 Å². The van der Waals surface area contributed by atoms with Gasteiger partial charge in [0.05, 0.1) is 16.7 Å². The van der Waals surface area contributed by atoms with Crippen molar-refractivity contribution in [3.05, 3.63) is 101 Å². The van der Waals surface area contributed by atoms with Gasteiger partial charge in [-0.15, -0.1) is 0 Å². The molecule has 10 heteroatoms. The Labute approximate surface area is 215 Å². The summed E-state index contributed by atoms with van der Waals surface area (Å²) < 4.78 is 34.7. The maximum atomic E-state index is 13.8. The lowest BCUT2D eigenvalue weighted by Crippen LogP contribution is -2.30. The molecule has 5 aromatic rings. The fraction of sp³-hybridized carbons (Fsp3) is 0.214. The van der Waals surface area contributed by atoms with Gasteiger partial charge in [-0.3, -0.25) is 4.57 Å². The molecule has 38 heavy (non-hydrogen) atoms. The number of nitrogens with zero attached hydrogens (tertiary/aromatic N) is 5. The van der Waals surface area contributed by atoms with E-state index in [0.717, 1.165) is 25.0 Å². The van der Waals surface area contributed by atoms with Gasteiger partial charge in [0.15, 0.2) is 5.88 Å². The number of imidazole rings is 1. The Morgan fingerprint density at radius 1 is 1.05 bits per heavy atom. The number of benzene rings is 1. The average molecular weight is 516 g/mol. The van der Waals surface area contributed by atoms with Gasteiger partial charge >= 0.3 is 0 Å². The number of aliphatic hydroxyl groups excluding tert-OH is 1. The number of aromatic nitrogens is 5. The summed E-state index contributed by atoms with van der Waals surface area (Å²) in [5.41, 5.74) is 1.60. The highest BCUT2D eigenvalue weighted by atomic mass is 19.1. The van der Waals surface area contributed by atoms with Gasteiger partial charge in [-0.2, -0.15) is 8.78 Å². The lowest BCUT2D eigenvalue weighted by Gasteiger charge is -2.30. The fourth-order valence-corrected chi connectivity index (χ4v) is 5.05. The summed E-state index contributed by atoms with van der Waals surface area (Å²) in [6, 6.07) is 8.66. The first-order chi connectivity index (χ1) is 18.2. The van der Waals surface area contributed by atoms with Crippen molar-refractivity contribution < 1.29 is 23.5 Å². The highest BCUT2D eigenvalue weighted by Gasteiger charge is 2.40. The molecule has 1 fully saturated rings. The summed E-state index contributed by atoms with van der Waals surface area (Å²) in [6.07, 6.45) is 4.24. The minimum atomic E-state index is -1.98. The predicted molar refractivity (Wildman–Crippen MR) is 135 cm³/mol. The molecule has 1 aromatic carbocycles. The van der Waals surface area contributed by atoms with E-state index in [-0.39, 0.29) is 22.9 Å². The SMILES string of the molecule is C=C(O)n1c(C2CC2)nc2c(C(O)(c3ccc(F)nc3)c3ccc(F)nc3)cc(-c3c(C)noc3C)cc21. The van der Waals surface area contributed by atoms with Crippen molar-refractivity contribution in [3.8, 4) is 11.1 Å². The standard InChI is InChI=1S/C28H23F2N5O3/c1-14-25(15(2)38-34-14)18-10-21(26-22(11-18)35(16(3)36)27(33-26)17-4-5-17)28(37,19-6-8-23(29)31-12-19)20-7-9-24(30)32-13-20/h6-13,17,36-37H,3-5H2,1-2H3. The quantitative estimate of drug-likeness (QED) is 0.226. The van der Waals surface area contributed by atoms with E-state index < -0.39 is 17.5 Å². The lowest BCUT2D eigenvalue weighted by atomic mass is 9.80. The zero-order chi connectivity index (χ0) is 26.8. The van der Waals surface area contributed by atoms with E-state index in [0.29, 0.717) is 45.0 Å². The van der Waals surface area contributed by atoms with Crippen LogP contribution in [0.5, 0.6) is 0 Å². The largest absolute Gasteiger partial charge is 0.495 e. The van der Waals surface area contributed by atoms with Crippen molar-refractivity contribution >= 4 is 16.9 Å². The van der Waals surface area contributed by atoms with Crippen molar-refractivity contribution in [1.82, 2.24) is 24.7 Å². The van der Waals surface area contributed by atoms with Crippen molar-refractivity contribution in [2.24, 2.45) is 0 Å². The molecule has 0 aliphatic heterocycles. The predicted octanol–water partition coefficient (Wildman–Crippen LogP) is 5.52. The number of hydrogen-bond acceptors (Lipinski definition) is 7. The molecule has 8 nitrogen and oxygen atoms in total. The monoisotopic (exact) mass is 515 g/mol. The summed E-state index contributed by atoms with van der Waals surface area (Å²) in [4.78, 5) is 12.4. The third-order valence-electron chi connectivity index (χ3n) is 6.99. The molecule has 4 heterocycles. The topological polar surface area (TPSA) is 110 Å². The molecule has 192 valence electrons. The third-order valence-corrected chi connectivity index (χ3v) is 6.99. The van der Waals surface area contributed by atoms with Crippen LogP contribution in [-0.2, 0) is 5.60 Å². The number of fused-ring (bicyclic) bond motifs is 1. The van der Waals surface area contributed by atoms with Gasteiger partial charge in [-0.25, -0.2) is 15.0 Å². The van der Waals surface area contributed by atoms with Crippen LogP contribution in [0.2, 0.25) is 0 Å². The number of pyridine rings is 2. The maximum absolute atomic E-state index is 13.8. The summed E-state index contributed by atoms with van der Waals surface area (Å²) in [7, 11) is 0. The first-order valence-corrected chi connectivity index (χ1v) is 12.0. The molecule has 1 aliphatic carbocycles. The maximum Gasteiger partial charge on any atom is 0.212 e. The van der Waals surface area contributed by atoms with Crippen LogP contribution < -0.4 is 0 Å². The van der Waals surface area contributed by atoms with E-state index in [9.17, 15) is 19.0 Å². The highest BCUT2D eigenvalue weighted by Crippen LogP contribution is 2.46. The van der Waals surface area contributed by atoms with E-state index in [1.54, 1.807) is 24.5 Å². The van der Waals surface area contributed by atoms with Gasteiger partial charge < -0.3 is 14.7 Å². The highest BCUT2D eigenvalue weighted by molar-refractivity contribution is 5.90. The lowest BCUT2D eigenvalue weighted by molar-refractivity contribution is 0.126. The molecule has 0 amide bonds. The first kappa shape index (κ1) is 23.9. The minimum absolute atomic E-state index is 0.120. The second-order valence-corrected chi connectivity index (χ2v) is 9.54. The number of halogens is 2. The Morgan fingerprint density at radius 3 is 2.16 bits per heavy atom. The first-order valence-electron chi connectivity index (χ1n) is 12.0. The molecule has 0 atom stereocenters. The van der Waals surface area contributed by atoms with Gasteiger partial charge in [0.25, 0.3) is 0 Å². The number of hydrogen-bond donors (Lipinski definition) is 2. The normalized spacial score (nSPS) is 13.8. The van der Waals surface area contributed by atoms with E-state index in [1.165, 1.54) is 24.5 Å². The van der Waals surface area contributed by atoms with Crippen molar-refractivity contribution in [3.63, 3.8) is 0 Å². The smallest absolute Gasteiger partial charge is 0.212 e. The molecule has 1 aliphatic rings. The van der Waals surface area contributed by atoms with Gasteiger partial charge in [-0.1, -0.05) is 5.16 Å². The van der Waals surface area contributed by atoms with Crippen molar-refractivity contribution in [2.45, 2.75) is 38.2 Å². The molecule has 0 radical (unpaired) electrons. The zero-order valence-electron chi connectivity index (χ0n) is 20.6. The summed E-state index contributed by atoms with van der Waals surface area (Å²) in [6.45, 7) is 7.33. The van der Waals surface area contributed by atoms with Gasteiger partial charge in [0, 0.05) is 40.6 Å². The van der Waals surface area contributed by atoms with E-state index in [1.807, 2.05) is 6.07 Å². The summed E-state index contributed by atoms with van der Waals surface area (Å²) in [5, 5.41) is 27.3. The second kappa shape index (κ2) is 8.56. The summed E-state index contributed by atoms with van der Waals surface area (Å²) >= 11 is 0. The zero-order valence-corrected chi connectivity index (χ0v) is 20.6. The number of rotatable bonds is 6. The van der Waals surface area contributed by atoms with Gasteiger partial charge in [0.1, 0.15) is 17.2 Å². The average Bonchev–Trinajstić information content (AvgIpc) is 3.58. The Hall–Kier alpha value is -4.44. The van der Waals surface area contributed by atoms with Crippen LogP contribution in [0.1, 0.15) is 52.7 Å². The Balaban J connectivity index is 1.76. The fourth-order valence-electron chi connectivity index (χ4n) is 5.05. The molecule has 0 saturated heterocycles. The number of aliphatic hydroxyl groups is 2. The van der Waals surface area contributed by atoms with Gasteiger partial charge in [-0.05, 0) is 75.2 Å². The Kier molecular flexibility index (Phi) is 5.39. The Bertz CT molecular complexity index is 1640. The molecule has 4 aromatic heterocycles. The van der Waals surface area contributed by atoms with Crippen LogP contribution in [-0.4, -0.2) is 34.9 Å².